The Balaban J connectivity index is 2.15. The van der Waals surface area contributed by atoms with Gasteiger partial charge in [0.25, 0.3) is 0 Å². The summed E-state index contributed by atoms with van der Waals surface area (Å²) >= 11 is 0. The lowest BCUT2D eigenvalue weighted by Crippen LogP contribution is -2.44. The van der Waals surface area contributed by atoms with Gasteiger partial charge < -0.3 is 0 Å². The van der Waals surface area contributed by atoms with E-state index >= 15 is 0 Å². The molecule has 1 aliphatic rings. The monoisotopic (exact) mass is 284 g/mol. The van der Waals surface area contributed by atoms with Crippen LogP contribution < -0.4 is 0 Å². The SMILES string of the molecule is CC1=CC=C(CCc2ccc(C)cc2)C(F)(F)C1(F)F. The molecule has 0 heterocycles. The molecule has 0 nitrogen and oxygen atoms in total. The van der Waals surface area contributed by atoms with Gasteiger partial charge in [-0.15, -0.1) is 0 Å². The van der Waals surface area contributed by atoms with Gasteiger partial charge in [0.05, 0.1) is 0 Å². The molecule has 0 N–H and O–H groups in total. The Morgan fingerprint density at radius 2 is 1.40 bits per heavy atom. The van der Waals surface area contributed by atoms with Crippen LogP contribution in [-0.4, -0.2) is 11.8 Å². The first-order valence-corrected chi connectivity index (χ1v) is 6.45. The van der Waals surface area contributed by atoms with Crippen molar-refractivity contribution in [3.05, 3.63) is 58.7 Å². The fourth-order valence-corrected chi connectivity index (χ4v) is 2.16. The molecule has 0 saturated heterocycles. The van der Waals surface area contributed by atoms with Gasteiger partial charge in [0.2, 0.25) is 0 Å². The number of rotatable bonds is 3. The smallest absolute Gasteiger partial charge is 0.194 e. The van der Waals surface area contributed by atoms with Gasteiger partial charge in [0.1, 0.15) is 0 Å². The van der Waals surface area contributed by atoms with Crippen molar-refractivity contribution < 1.29 is 17.6 Å². The normalized spacial score (nSPS) is 20.3. The van der Waals surface area contributed by atoms with Gasteiger partial charge >= 0.3 is 11.8 Å². The zero-order valence-corrected chi connectivity index (χ0v) is 11.4. The van der Waals surface area contributed by atoms with Gasteiger partial charge in [-0.25, -0.2) is 0 Å². The number of benzene rings is 1. The fraction of sp³-hybridized carbons (Fsp3) is 0.375. The summed E-state index contributed by atoms with van der Waals surface area (Å²) in [4.78, 5) is 0. The van der Waals surface area contributed by atoms with Crippen molar-refractivity contribution in [3.63, 3.8) is 0 Å². The molecule has 0 fully saturated rings. The van der Waals surface area contributed by atoms with Gasteiger partial charge in [-0.1, -0.05) is 42.0 Å². The summed E-state index contributed by atoms with van der Waals surface area (Å²) in [6, 6.07) is 7.41. The zero-order valence-electron chi connectivity index (χ0n) is 11.4. The largest absolute Gasteiger partial charge is 0.335 e. The molecule has 0 spiro atoms. The van der Waals surface area contributed by atoms with Crippen LogP contribution in [-0.2, 0) is 6.42 Å². The second kappa shape index (κ2) is 5.08. The molecule has 1 aliphatic carbocycles. The van der Waals surface area contributed by atoms with E-state index in [9.17, 15) is 17.6 Å². The Hall–Kier alpha value is -1.58. The van der Waals surface area contributed by atoms with E-state index in [1.54, 1.807) is 0 Å². The van der Waals surface area contributed by atoms with Crippen LogP contribution in [0.25, 0.3) is 0 Å². The minimum absolute atomic E-state index is 0.0740. The van der Waals surface area contributed by atoms with E-state index in [-0.39, 0.29) is 6.42 Å². The molecule has 0 bridgehead atoms. The second-order valence-electron chi connectivity index (χ2n) is 5.18. The van der Waals surface area contributed by atoms with E-state index in [4.69, 9.17) is 0 Å². The topological polar surface area (TPSA) is 0 Å². The lowest BCUT2D eigenvalue weighted by Gasteiger charge is -2.32. The van der Waals surface area contributed by atoms with Crippen molar-refractivity contribution >= 4 is 0 Å². The minimum atomic E-state index is -4.10. The number of aryl methyl sites for hydroxylation is 2. The average molecular weight is 284 g/mol. The molecule has 0 saturated carbocycles. The second-order valence-corrected chi connectivity index (χ2v) is 5.18. The summed E-state index contributed by atoms with van der Waals surface area (Å²) in [6.45, 7) is 2.96. The third kappa shape index (κ3) is 2.51. The summed E-state index contributed by atoms with van der Waals surface area (Å²) < 4.78 is 54.7. The molecule has 20 heavy (non-hydrogen) atoms. The van der Waals surface area contributed by atoms with E-state index in [0.717, 1.165) is 30.2 Å². The standard InChI is InChI=1S/C16H16F4/c1-11-3-6-13(7-4-11)8-10-14-9-5-12(2)15(17,18)16(14,19)20/h3-7,9H,8,10H2,1-2H3. The quantitative estimate of drug-likeness (QED) is 0.679. The van der Waals surface area contributed by atoms with Crippen molar-refractivity contribution in [1.29, 1.82) is 0 Å². The maximum Gasteiger partial charge on any atom is 0.335 e. The van der Waals surface area contributed by atoms with Gasteiger partial charge in [-0.05, 0) is 32.3 Å². The Morgan fingerprint density at radius 1 is 0.800 bits per heavy atom. The molecule has 1 aromatic rings. The summed E-state index contributed by atoms with van der Waals surface area (Å²) in [5.74, 6) is -8.19. The molecule has 0 amide bonds. The van der Waals surface area contributed by atoms with Gasteiger partial charge in [0.15, 0.2) is 0 Å². The molecular formula is C16H16F4. The molecule has 2 rings (SSSR count). The summed E-state index contributed by atoms with van der Waals surface area (Å²) in [5.41, 5.74) is 0.832. The molecule has 0 aliphatic heterocycles. The van der Waals surface area contributed by atoms with E-state index in [2.05, 4.69) is 0 Å². The fourth-order valence-electron chi connectivity index (χ4n) is 2.16. The number of hydrogen-bond acceptors (Lipinski definition) is 0. The maximum atomic E-state index is 13.8. The molecule has 0 atom stereocenters. The van der Waals surface area contributed by atoms with Gasteiger partial charge in [0, 0.05) is 11.1 Å². The predicted octanol–water partition coefficient (Wildman–Crippen LogP) is 5.08. The lowest BCUT2D eigenvalue weighted by molar-refractivity contribution is -0.164. The summed E-state index contributed by atoms with van der Waals surface area (Å²) in [5, 5.41) is 0. The number of halogens is 4. The van der Waals surface area contributed by atoms with Crippen molar-refractivity contribution in [2.24, 2.45) is 0 Å². The van der Waals surface area contributed by atoms with Crippen molar-refractivity contribution in [1.82, 2.24) is 0 Å². The highest BCUT2D eigenvalue weighted by Crippen LogP contribution is 2.48. The Kier molecular flexibility index (Phi) is 3.76. The van der Waals surface area contributed by atoms with Gasteiger partial charge in [-0.3, -0.25) is 0 Å². The Morgan fingerprint density at radius 3 is 2.00 bits per heavy atom. The van der Waals surface area contributed by atoms with Crippen LogP contribution in [0.4, 0.5) is 17.6 Å². The molecule has 0 radical (unpaired) electrons. The predicted molar refractivity (Wildman–Crippen MR) is 71.2 cm³/mol. The first-order chi connectivity index (χ1) is 9.25. The van der Waals surface area contributed by atoms with Crippen LogP contribution in [0.1, 0.15) is 24.5 Å². The van der Waals surface area contributed by atoms with Crippen molar-refractivity contribution in [3.8, 4) is 0 Å². The van der Waals surface area contributed by atoms with Crippen LogP contribution in [0.2, 0.25) is 0 Å². The first-order valence-electron chi connectivity index (χ1n) is 6.45. The molecule has 108 valence electrons. The van der Waals surface area contributed by atoms with E-state index in [1.807, 2.05) is 31.2 Å². The van der Waals surface area contributed by atoms with E-state index < -0.39 is 23.0 Å². The first kappa shape index (κ1) is 14.8. The third-order valence-corrected chi connectivity index (χ3v) is 3.63. The molecule has 0 unspecified atom stereocenters. The number of allylic oxidation sites excluding steroid dienone is 4. The number of hydrogen-bond donors (Lipinski definition) is 0. The zero-order chi connectivity index (χ0) is 15.0. The van der Waals surface area contributed by atoms with Crippen molar-refractivity contribution in [2.45, 2.75) is 38.5 Å². The Bertz CT molecular complexity index is 550. The minimum Gasteiger partial charge on any atom is -0.194 e. The number of alkyl halides is 4. The van der Waals surface area contributed by atoms with Crippen LogP contribution in [0, 0.1) is 6.92 Å². The summed E-state index contributed by atoms with van der Waals surface area (Å²) in [6.07, 6.45) is 2.46. The highest BCUT2D eigenvalue weighted by Gasteiger charge is 2.60. The molecule has 0 aromatic heterocycles. The van der Waals surface area contributed by atoms with Crippen LogP contribution in [0.3, 0.4) is 0 Å². The van der Waals surface area contributed by atoms with E-state index in [0.29, 0.717) is 6.42 Å². The molecule has 1 aromatic carbocycles. The highest BCUT2D eigenvalue weighted by molar-refractivity contribution is 5.37. The molecule has 4 heteroatoms. The van der Waals surface area contributed by atoms with Crippen LogP contribution >= 0.6 is 0 Å². The van der Waals surface area contributed by atoms with Crippen LogP contribution in [0.5, 0.6) is 0 Å². The lowest BCUT2D eigenvalue weighted by atomic mass is 9.88. The van der Waals surface area contributed by atoms with Crippen LogP contribution in [0.15, 0.2) is 47.6 Å². The Labute approximate surface area is 115 Å². The van der Waals surface area contributed by atoms with E-state index in [1.165, 1.54) is 0 Å². The molecular weight excluding hydrogens is 268 g/mol. The van der Waals surface area contributed by atoms with Crippen molar-refractivity contribution in [2.75, 3.05) is 0 Å². The average Bonchev–Trinajstić information content (AvgIpc) is 2.38. The summed E-state index contributed by atoms with van der Waals surface area (Å²) in [7, 11) is 0. The maximum absolute atomic E-state index is 13.8. The highest BCUT2D eigenvalue weighted by atomic mass is 19.3. The third-order valence-electron chi connectivity index (χ3n) is 3.63. The van der Waals surface area contributed by atoms with Gasteiger partial charge in [-0.2, -0.15) is 17.6 Å².